The van der Waals surface area contributed by atoms with Crippen molar-refractivity contribution in [1.29, 1.82) is 0 Å². The van der Waals surface area contributed by atoms with Gasteiger partial charge in [-0.1, -0.05) is 22.0 Å². The van der Waals surface area contributed by atoms with Crippen molar-refractivity contribution in [1.82, 2.24) is 0 Å². The van der Waals surface area contributed by atoms with Crippen LogP contribution in [0, 0.1) is 11.6 Å². The van der Waals surface area contributed by atoms with Gasteiger partial charge in [0.05, 0.1) is 6.61 Å². The Balaban J connectivity index is 2.38. The number of halogens is 3. The zero-order valence-corrected chi connectivity index (χ0v) is 12.2. The standard InChI is InChI=1S/C14H12BrF2NO2/c1-2-19-10-4-3-5-11(14(10)18)20-12-7-8(15)6-9(16)13(12)17/h3-7H,2,18H2,1H3. The number of para-hydroxylation sites is 1. The average Bonchev–Trinajstić information content (AvgIpc) is 2.40. The summed E-state index contributed by atoms with van der Waals surface area (Å²) in [4.78, 5) is 0. The molecule has 0 spiro atoms. The highest BCUT2D eigenvalue weighted by molar-refractivity contribution is 9.10. The Hall–Kier alpha value is -1.82. The third kappa shape index (κ3) is 3.01. The first kappa shape index (κ1) is 14.6. The predicted molar refractivity (Wildman–Crippen MR) is 76.2 cm³/mol. The summed E-state index contributed by atoms with van der Waals surface area (Å²) in [7, 11) is 0. The monoisotopic (exact) mass is 343 g/mol. The second-order valence-corrected chi connectivity index (χ2v) is 4.82. The van der Waals surface area contributed by atoms with Gasteiger partial charge in [-0.2, -0.15) is 4.39 Å². The number of hydrogen-bond acceptors (Lipinski definition) is 3. The Morgan fingerprint density at radius 1 is 1.15 bits per heavy atom. The number of hydrogen-bond donors (Lipinski definition) is 1. The number of benzene rings is 2. The first-order valence-electron chi connectivity index (χ1n) is 5.86. The molecule has 0 saturated heterocycles. The van der Waals surface area contributed by atoms with E-state index in [1.165, 1.54) is 6.07 Å². The Morgan fingerprint density at radius 2 is 1.85 bits per heavy atom. The van der Waals surface area contributed by atoms with Gasteiger partial charge in [0.25, 0.3) is 0 Å². The number of anilines is 1. The molecule has 20 heavy (non-hydrogen) atoms. The summed E-state index contributed by atoms with van der Waals surface area (Å²) >= 11 is 3.08. The summed E-state index contributed by atoms with van der Waals surface area (Å²) in [5.41, 5.74) is 6.10. The zero-order valence-electron chi connectivity index (χ0n) is 10.6. The van der Waals surface area contributed by atoms with Crippen molar-refractivity contribution in [2.45, 2.75) is 6.92 Å². The molecule has 0 unspecified atom stereocenters. The molecule has 0 saturated carbocycles. The van der Waals surface area contributed by atoms with Crippen molar-refractivity contribution >= 4 is 21.6 Å². The average molecular weight is 344 g/mol. The molecular formula is C14H12BrF2NO2. The van der Waals surface area contributed by atoms with E-state index in [2.05, 4.69) is 15.9 Å². The second kappa shape index (κ2) is 6.09. The normalized spacial score (nSPS) is 10.4. The SMILES string of the molecule is CCOc1cccc(Oc2cc(Br)cc(F)c2F)c1N. The number of ether oxygens (including phenoxy) is 2. The molecule has 2 aromatic rings. The highest BCUT2D eigenvalue weighted by atomic mass is 79.9. The van der Waals surface area contributed by atoms with E-state index in [4.69, 9.17) is 15.2 Å². The molecular weight excluding hydrogens is 332 g/mol. The molecule has 0 fully saturated rings. The van der Waals surface area contributed by atoms with E-state index in [0.717, 1.165) is 6.07 Å². The predicted octanol–water partition coefficient (Wildman–Crippen LogP) is 4.50. The fourth-order valence-electron chi connectivity index (χ4n) is 1.62. The van der Waals surface area contributed by atoms with E-state index in [1.54, 1.807) is 18.2 Å². The fraction of sp³-hybridized carbons (Fsp3) is 0.143. The maximum atomic E-state index is 13.7. The van der Waals surface area contributed by atoms with Gasteiger partial charge >= 0.3 is 0 Å². The second-order valence-electron chi connectivity index (χ2n) is 3.90. The maximum absolute atomic E-state index is 13.7. The molecule has 6 heteroatoms. The zero-order chi connectivity index (χ0) is 14.7. The number of nitrogens with two attached hydrogens (primary N) is 1. The van der Waals surface area contributed by atoms with Crippen LogP contribution in [0.3, 0.4) is 0 Å². The molecule has 2 rings (SSSR count). The lowest BCUT2D eigenvalue weighted by Crippen LogP contribution is -2.00. The number of nitrogen functional groups attached to an aromatic ring is 1. The lowest BCUT2D eigenvalue weighted by molar-refractivity contribution is 0.339. The summed E-state index contributed by atoms with van der Waals surface area (Å²) in [6.45, 7) is 2.25. The van der Waals surface area contributed by atoms with Gasteiger partial charge in [-0.15, -0.1) is 0 Å². The maximum Gasteiger partial charge on any atom is 0.201 e. The van der Waals surface area contributed by atoms with Crippen LogP contribution in [0.1, 0.15) is 6.92 Å². The van der Waals surface area contributed by atoms with Gasteiger partial charge in [-0.3, -0.25) is 0 Å². The smallest absolute Gasteiger partial charge is 0.201 e. The molecule has 2 N–H and O–H groups in total. The van der Waals surface area contributed by atoms with Crippen LogP contribution >= 0.6 is 15.9 Å². The van der Waals surface area contributed by atoms with Gasteiger partial charge < -0.3 is 15.2 Å². The molecule has 3 nitrogen and oxygen atoms in total. The van der Waals surface area contributed by atoms with Crippen molar-refractivity contribution in [2.75, 3.05) is 12.3 Å². The lowest BCUT2D eigenvalue weighted by Gasteiger charge is -2.13. The highest BCUT2D eigenvalue weighted by Crippen LogP contribution is 2.36. The quantitative estimate of drug-likeness (QED) is 0.656. The van der Waals surface area contributed by atoms with Crippen molar-refractivity contribution in [2.24, 2.45) is 0 Å². The van der Waals surface area contributed by atoms with Crippen LogP contribution in [-0.2, 0) is 0 Å². The molecule has 0 bridgehead atoms. The van der Waals surface area contributed by atoms with Gasteiger partial charge in [-0.05, 0) is 31.2 Å². The first-order chi connectivity index (χ1) is 9.52. The van der Waals surface area contributed by atoms with Crippen LogP contribution in [-0.4, -0.2) is 6.61 Å². The van der Waals surface area contributed by atoms with Crippen LogP contribution in [0.15, 0.2) is 34.8 Å². The molecule has 0 heterocycles. The Bertz CT molecular complexity index is 635. The van der Waals surface area contributed by atoms with Gasteiger partial charge in [0.1, 0.15) is 11.4 Å². The summed E-state index contributed by atoms with van der Waals surface area (Å²) in [6.07, 6.45) is 0. The molecule has 0 radical (unpaired) electrons. The lowest BCUT2D eigenvalue weighted by atomic mass is 10.2. The Morgan fingerprint density at radius 3 is 2.55 bits per heavy atom. The van der Waals surface area contributed by atoms with E-state index in [-0.39, 0.29) is 17.2 Å². The van der Waals surface area contributed by atoms with Crippen molar-refractivity contribution < 1.29 is 18.3 Å². The van der Waals surface area contributed by atoms with E-state index in [9.17, 15) is 8.78 Å². The largest absolute Gasteiger partial charge is 0.492 e. The van der Waals surface area contributed by atoms with Crippen molar-refractivity contribution in [3.05, 3.63) is 46.4 Å². The van der Waals surface area contributed by atoms with E-state index >= 15 is 0 Å². The van der Waals surface area contributed by atoms with E-state index < -0.39 is 11.6 Å². The van der Waals surface area contributed by atoms with Gasteiger partial charge in [-0.25, -0.2) is 4.39 Å². The molecule has 0 aliphatic heterocycles. The topological polar surface area (TPSA) is 44.5 Å². The Kier molecular flexibility index (Phi) is 4.44. The fourth-order valence-corrected chi connectivity index (χ4v) is 2.03. The molecule has 0 amide bonds. The van der Waals surface area contributed by atoms with Crippen LogP contribution in [0.25, 0.3) is 0 Å². The number of rotatable bonds is 4. The molecule has 0 aromatic heterocycles. The minimum absolute atomic E-state index is 0.201. The molecule has 2 aromatic carbocycles. The van der Waals surface area contributed by atoms with E-state index in [1.807, 2.05) is 6.92 Å². The Labute approximate surface area is 123 Å². The molecule has 0 atom stereocenters. The van der Waals surface area contributed by atoms with Crippen LogP contribution in [0.2, 0.25) is 0 Å². The third-order valence-corrected chi connectivity index (χ3v) is 2.96. The van der Waals surface area contributed by atoms with Crippen molar-refractivity contribution in [3.8, 4) is 17.2 Å². The van der Waals surface area contributed by atoms with Gasteiger partial charge in [0.2, 0.25) is 5.82 Å². The molecule has 0 aliphatic carbocycles. The minimum Gasteiger partial charge on any atom is -0.492 e. The van der Waals surface area contributed by atoms with Crippen LogP contribution < -0.4 is 15.2 Å². The van der Waals surface area contributed by atoms with E-state index in [0.29, 0.717) is 16.8 Å². The summed E-state index contributed by atoms with van der Waals surface area (Å²) in [5, 5.41) is 0. The summed E-state index contributed by atoms with van der Waals surface area (Å²) in [5.74, 6) is -1.70. The molecule has 106 valence electrons. The highest BCUT2D eigenvalue weighted by Gasteiger charge is 2.14. The third-order valence-electron chi connectivity index (χ3n) is 2.51. The first-order valence-corrected chi connectivity index (χ1v) is 6.66. The van der Waals surface area contributed by atoms with Crippen LogP contribution in [0.5, 0.6) is 17.2 Å². The summed E-state index contributed by atoms with van der Waals surface area (Å²) < 4.78 is 38.0. The summed E-state index contributed by atoms with van der Waals surface area (Å²) in [6, 6.07) is 7.22. The van der Waals surface area contributed by atoms with Gasteiger partial charge in [0.15, 0.2) is 17.3 Å². The van der Waals surface area contributed by atoms with Crippen molar-refractivity contribution in [3.63, 3.8) is 0 Å². The van der Waals surface area contributed by atoms with Gasteiger partial charge in [0, 0.05) is 4.47 Å². The minimum atomic E-state index is -1.07. The van der Waals surface area contributed by atoms with Crippen LogP contribution in [0.4, 0.5) is 14.5 Å². The molecule has 0 aliphatic rings.